The summed E-state index contributed by atoms with van der Waals surface area (Å²) in [4.78, 5) is 4.98. The molecule has 2 rings (SSSR count). The summed E-state index contributed by atoms with van der Waals surface area (Å²) < 4.78 is 5.71. The van der Waals surface area contributed by atoms with Gasteiger partial charge in [0.15, 0.2) is 0 Å². The largest absolute Gasteiger partial charge is 0.496 e. The molecule has 0 aliphatic heterocycles. The molecule has 1 unspecified atom stereocenters. The van der Waals surface area contributed by atoms with Gasteiger partial charge in [-0.25, -0.2) is 0 Å². The quantitative estimate of drug-likeness (QED) is 0.706. The molecule has 1 heterocycles. The van der Waals surface area contributed by atoms with E-state index in [0.717, 1.165) is 42.0 Å². The number of hydrogen-bond donors (Lipinski definition) is 2. The fourth-order valence-electron chi connectivity index (χ4n) is 3.26. The minimum Gasteiger partial charge on any atom is -0.496 e. The van der Waals surface area contributed by atoms with Gasteiger partial charge >= 0.3 is 0 Å². The number of ether oxygens (including phenoxy) is 1. The van der Waals surface area contributed by atoms with Crippen molar-refractivity contribution in [2.24, 2.45) is 5.73 Å². The normalized spacial score (nSPS) is 12.8. The molecule has 0 aliphatic carbocycles. The molecule has 4 heteroatoms. The van der Waals surface area contributed by atoms with E-state index < -0.39 is 0 Å². The topological polar surface area (TPSA) is 60.2 Å². The molecule has 1 atom stereocenters. The van der Waals surface area contributed by atoms with Crippen molar-refractivity contribution in [1.82, 2.24) is 4.98 Å². The van der Waals surface area contributed by atoms with Crippen molar-refractivity contribution >= 4 is 16.6 Å². The maximum Gasteiger partial charge on any atom is 0.125 e. The fraction of sp³-hybridized carbons (Fsp3) is 0.571. The summed E-state index contributed by atoms with van der Waals surface area (Å²) in [5.74, 6) is 1.69. The maximum absolute atomic E-state index is 5.71. The van der Waals surface area contributed by atoms with Crippen molar-refractivity contribution in [2.75, 3.05) is 19.0 Å². The molecule has 0 spiro atoms. The van der Waals surface area contributed by atoms with Crippen molar-refractivity contribution in [2.45, 2.75) is 65.3 Å². The zero-order valence-corrected chi connectivity index (χ0v) is 16.5. The molecule has 138 valence electrons. The van der Waals surface area contributed by atoms with E-state index in [1.165, 1.54) is 10.9 Å². The van der Waals surface area contributed by atoms with E-state index in [1.807, 2.05) is 0 Å². The number of fused-ring (bicyclic) bond motifs is 1. The fourth-order valence-corrected chi connectivity index (χ4v) is 3.26. The molecule has 1 aromatic carbocycles. The van der Waals surface area contributed by atoms with E-state index in [1.54, 1.807) is 7.11 Å². The minimum absolute atomic E-state index is 0.339. The average Bonchev–Trinajstić information content (AvgIpc) is 2.58. The minimum atomic E-state index is 0.339. The molecule has 0 bridgehead atoms. The lowest BCUT2D eigenvalue weighted by Crippen LogP contribution is -2.17. The van der Waals surface area contributed by atoms with Crippen molar-refractivity contribution in [3.8, 4) is 5.75 Å². The molecule has 25 heavy (non-hydrogen) atoms. The number of anilines is 1. The Morgan fingerprint density at radius 1 is 1.12 bits per heavy atom. The summed E-state index contributed by atoms with van der Waals surface area (Å²) in [6.45, 7) is 11.7. The lowest BCUT2D eigenvalue weighted by Gasteiger charge is -2.22. The van der Waals surface area contributed by atoms with Crippen LogP contribution in [0.15, 0.2) is 18.2 Å². The number of hydrogen-bond acceptors (Lipinski definition) is 4. The zero-order valence-electron chi connectivity index (χ0n) is 16.5. The van der Waals surface area contributed by atoms with Gasteiger partial charge in [-0.15, -0.1) is 0 Å². The van der Waals surface area contributed by atoms with Crippen LogP contribution in [0.5, 0.6) is 5.75 Å². The lowest BCUT2D eigenvalue weighted by molar-refractivity contribution is 0.408. The summed E-state index contributed by atoms with van der Waals surface area (Å²) in [6, 6.07) is 6.78. The average molecular weight is 344 g/mol. The van der Waals surface area contributed by atoms with Gasteiger partial charge in [0.05, 0.1) is 18.3 Å². The summed E-state index contributed by atoms with van der Waals surface area (Å²) >= 11 is 0. The summed E-state index contributed by atoms with van der Waals surface area (Å²) in [5.41, 5.74) is 10.1. The first-order valence-electron chi connectivity index (χ1n) is 9.37. The lowest BCUT2D eigenvalue weighted by atomic mass is 9.95. The van der Waals surface area contributed by atoms with E-state index in [4.69, 9.17) is 15.5 Å². The van der Waals surface area contributed by atoms with Gasteiger partial charge in [0.1, 0.15) is 5.75 Å². The number of methoxy groups -OCH3 is 1. The number of benzene rings is 1. The van der Waals surface area contributed by atoms with Gasteiger partial charge in [-0.2, -0.15) is 0 Å². The van der Waals surface area contributed by atoms with Crippen LogP contribution >= 0.6 is 0 Å². The van der Waals surface area contributed by atoms with E-state index in [9.17, 15) is 0 Å². The van der Waals surface area contributed by atoms with Gasteiger partial charge < -0.3 is 15.8 Å². The van der Waals surface area contributed by atoms with Gasteiger partial charge in [-0.1, -0.05) is 33.8 Å². The number of nitrogens with one attached hydrogen (secondary N) is 1. The first-order valence-corrected chi connectivity index (χ1v) is 9.37. The van der Waals surface area contributed by atoms with Crippen molar-refractivity contribution in [3.05, 3.63) is 29.5 Å². The van der Waals surface area contributed by atoms with Gasteiger partial charge in [0, 0.05) is 28.8 Å². The molecule has 0 fully saturated rings. The highest BCUT2D eigenvalue weighted by Crippen LogP contribution is 2.38. The smallest absolute Gasteiger partial charge is 0.125 e. The standard InChI is InChI=1S/C21H33N3O/c1-13(2)17-10-9-16-20(14(3)4)19(25-6)12-18(21(16)24-17)23-15(5)8-7-11-22/h9-10,12-15,23H,7-8,11,22H2,1-6H3. The first kappa shape index (κ1) is 19.5. The first-order chi connectivity index (χ1) is 11.9. The van der Waals surface area contributed by atoms with Crippen LogP contribution in [0.2, 0.25) is 0 Å². The van der Waals surface area contributed by atoms with Crippen molar-refractivity contribution < 1.29 is 4.74 Å². The number of pyridine rings is 1. The third kappa shape index (κ3) is 4.43. The molecule has 0 aliphatic rings. The second-order valence-electron chi connectivity index (χ2n) is 7.46. The van der Waals surface area contributed by atoms with Crippen LogP contribution < -0.4 is 15.8 Å². The van der Waals surface area contributed by atoms with Gasteiger partial charge in [0.25, 0.3) is 0 Å². The van der Waals surface area contributed by atoms with Crippen LogP contribution in [-0.2, 0) is 0 Å². The number of nitrogens with zero attached hydrogens (tertiary/aromatic N) is 1. The Hall–Kier alpha value is -1.81. The molecule has 4 nitrogen and oxygen atoms in total. The molecule has 0 saturated carbocycles. The van der Waals surface area contributed by atoms with E-state index in [-0.39, 0.29) is 0 Å². The monoisotopic (exact) mass is 343 g/mol. The highest BCUT2D eigenvalue weighted by atomic mass is 16.5. The Kier molecular flexibility index (Phi) is 6.65. The molecule has 0 radical (unpaired) electrons. The summed E-state index contributed by atoms with van der Waals surface area (Å²) in [5, 5.41) is 4.80. The second kappa shape index (κ2) is 8.52. The maximum atomic E-state index is 5.71. The van der Waals surface area contributed by atoms with E-state index >= 15 is 0 Å². The number of aromatic nitrogens is 1. The molecule has 1 aromatic heterocycles. The molecule has 0 saturated heterocycles. The van der Waals surface area contributed by atoms with E-state index in [2.05, 4.69) is 58.1 Å². The number of rotatable bonds is 8. The van der Waals surface area contributed by atoms with Gasteiger partial charge in [0.2, 0.25) is 0 Å². The molecular formula is C21H33N3O. The zero-order chi connectivity index (χ0) is 18.6. The molecule has 2 aromatic rings. The third-order valence-electron chi connectivity index (χ3n) is 4.63. The Balaban J connectivity index is 2.61. The van der Waals surface area contributed by atoms with E-state index in [0.29, 0.717) is 17.9 Å². The third-order valence-corrected chi connectivity index (χ3v) is 4.63. The molecular weight excluding hydrogens is 310 g/mol. The predicted molar refractivity (Wildman–Crippen MR) is 108 cm³/mol. The van der Waals surface area contributed by atoms with Crippen molar-refractivity contribution in [3.63, 3.8) is 0 Å². The number of nitrogens with two attached hydrogens (primary N) is 1. The summed E-state index contributed by atoms with van der Waals surface area (Å²) in [7, 11) is 1.74. The van der Waals surface area contributed by atoms with Crippen LogP contribution in [-0.4, -0.2) is 24.7 Å². The Bertz CT molecular complexity index is 710. The highest BCUT2D eigenvalue weighted by Gasteiger charge is 2.18. The Labute approximate surface area is 152 Å². The summed E-state index contributed by atoms with van der Waals surface area (Å²) in [6.07, 6.45) is 2.05. The molecule has 0 amide bonds. The Morgan fingerprint density at radius 3 is 2.40 bits per heavy atom. The van der Waals surface area contributed by atoms with Crippen LogP contribution in [0.3, 0.4) is 0 Å². The van der Waals surface area contributed by atoms with Crippen LogP contribution in [0.4, 0.5) is 5.69 Å². The Morgan fingerprint density at radius 2 is 1.84 bits per heavy atom. The van der Waals surface area contributed by atoms with Gasteiger partial charge in [-0.3, -0.25) is 4.98 Å². The second-order valence-corrected chi connectivity index (χ2v) is 7.46. The van der Waals surface area contributed by atoms with Crippen LogP contribution in [0.1, 0.15) is 70.6 Å². The van der Waals surface area contributed by atoms with Crippen molar-refractivity contribution in [1.29, 1.82) is 0 Å². The SMILES string of the molecule is COc1cc(NC(C)CCCN)c2nc(C(C)C)ccc2c1C(C)C. The molecule has 3 N–H and O–H groups in total. The predicted octanol–water partition coefficient (Wildman–Crippen LogP) is 5.03. The van der Waals surface area contributed by atoms with Crippen LogP contribution in [0.25, 0.3) is 10.9 Å². The van der Waals surface area contributed by atoms with Gasteiger partial charge in [-0.05, 0) is 44.2 Å². The highest BCUT2D eigenvalue weighted by molar-refractivity contribution is 5.95. The van der Waals surface area contributed by atoms with Crippen LogP contribution in [0, 0.1) is 0 Å².